The summed E-state index contributed by atoms with van der Waals surface area (Å²) in [5.74, 6) is -1.51. The second kappa shape index (κ2) is 4.90. The first-order chi connectivity index (χ1) is 7.87. The Kier molecular flexibility index (Phi) is 3.77. The minimum atomic E-state index is -4.87. The lowest BCUT2D eigenvalue weighted by atomic mass is 10.1. The molecule has 6 heteroatoms. The van der Waals surface area contributed by atoms with Gasteiger partial charge in [0.1, 0.15) is 11.3 Å². The third-order valence-corrected chi connectivity index (χ3v) is 1.87. The fraction of sp³-hybridized carbons (Fsp3) is 0.182. The van der Waals surface area contributed by atoms with Crippen LogP contribution in [0.4, 0.5) is 13.2 Å². The summed E-state index contributed by atoms with van der Waals surface area (Å²) in [6.07, 6.45) is -3.53. The Labute approximate surface area is 95.5 Å². The van der Waals surface area contributed by atoms with Gasteiger partial charge in [-0.25, -0.2) is 4.79 Å². The molecule has 0 bridgehead atoms. The number of methoxy groups -OCH3 is 1. The Morgan fingerprint density at radius 2 is 2.06 bits per heavy atom. The Bertz CT molecular complexity index is 438. The van der Waals surface area contributed by atoms with Crippen LogP contribution in [0.3, 0.4) is 0 Å². The highest BCUT2D eigenvalue weighted by atomic mass is 19.4. The van der Waals surface area contributed by atoms with E-state index >= 15 is 0 Å². The van der Waals surface area contributed by atoms with E-state index in [0.717, 1.165) is 13.2 Å². The van der Waals surface area contributed by atoms with E-state index in [9.17, 15) is 18.0 Å². The average molecular weight is 246 g/mol. The quantitative estimate of drug-likeness (QED) is 0.769. The van der Waals surface area contributed by atoms with Crippen LogP contribution in [0, 0.1) is 0 Å². The lowest BCUT2D eigenvalue weighted by molar-refractivity contribution is -0.274. The van der Waals surface area contributed by atoms with Crippen LogP contribution in [0.2, 0.25) is 0 Å². The standard InChI is InChI=1S/C11H9F3O3/c1-3-7-4-5-8(10(15)16-2)9(6-7)17-11(12,13)14/h3-6H,1H2,2H3. The molecular weight excluding hydrogens is 237 g/mol. The molecular formula is C11H9F3O3. The predicted molar refractivity (Wildman–Crippen MR) is 54.6 cm³/mol. The van der Waals surface area contributed by atoms with Gasteiger partial charge in [-0.3, -0.25) is 0 Å². The zero-order valence-corrected chi connectivity index (χ0v) is 8.88. The van der Waals surface area contributed by atoms with Gasteiger partial charge in [0.05, 0.1) is 7.11 Å². The van der Waals surface area contributed by atoms with Gasteiger partial charge in [-0.15, -0.1) is 13.2 Å². The van der Waals surface area contributed by atoms with Crippen LogP contribution in [-0.2, 0) is 4.74 Å². The first-order valence-electron chi connectivity index (χ1n) is 4.48. The van der Waals surface area contributed by atoms with Gasteiger partial charge >= 0.3 is 12.3 Å². The Hall–Kier alpha value is -1.98. The number of carbonyl (C=O) groups is 1. The van der Waals surface area contributed by atoms with Gasteiger partial charge in [0, 0.05) is 0 Å². The van der Waals surface area contributed by atoms with Crippen LogP contribution >= 0.6 is 0 Å². The van der Waals surface area contributed by atoms with E-state index in [2.05, 4.69) is 16.1 Å². The van der Waals surface area contributed by atoms with E-state index in [1.165, 1.54) is 18.2 Å². The minimum absolute atomic E-state index is 0.296. The highest BCUT2D eigenvalue weighted by Gasteiger charge is 2.33. The summed E-state index contributed by atoms with van der Waals surface area (Å²) in [4.78, 5) is 11.2. The summed E-state index contributed by atoms with van der Waals surface area (Å²) >= 11 is 0. The van der Waals surface area contributed by atoms with Crippen molar-refractivity contribution >= 4 is 12.0 Å². The fourth-order valence-corrected chi connectivity index (χ4v) is 1.15. The van der Waals surface area contributed by atoms with Crippen molar-refractivity contribution in [1.82, 2.24) is 0 Å². The van der Waals surface area contributed by atoms with Crippen LogP contribution in [0.25, 0.3) is 6.08 Å². The van der Waals surface area contributed by atoms with Crippen molar-refractivity contribution in [3.05, 3.63) is 35.9 Å². The SMILES string of the molecule is C=Cc1ccc(C(=O)OC)c(OC(F)(F)F)c1. The van der Waals surface area contributed by atoms with E-state index < -0.39 is 18.1 Å². The van der Waals surface area contributed by atoms with Crippen molar-refractivity contribution in [2.24, 2.45) is 0 Å². The van der Waals surface area contributed by atoms with Gasteiger partial charge in [0.15, 0.2) is 0 Å². The van der Waals surface area contributed by atoms with Crippen LogP contribution in [0.15, 0.2) is 24.8 Å². The normalized spacial score (nSPS) is 10.8. The van der Waals surface area contributed by atoms with E-state index in [4.69, 9.17) is 0 Å². The van der Waals surface area contributed by atoms with E-state index in [0.29, 0.717) is 5.56 Å². The first kappa shape index (κ1) is 13.1. The molecule has 0 aliphatic rings. The van der Waals surface area contributed by atoms with E-state index in [1.54, 1.807) is 0 Å². The maximum atomic E-state index is 12.1. The highest BCUT2D eigenvalue weighted by Crippen LogP contribution is 2.28. The van der Waals surface area contributed by atoms with Gasteiger partial charge in [-0.1, -0.05) is 18.7 Å². The summed E-state index contributed by atoms with van der Waals surface area (Å²) in [5.41, 5.74) is 0.104. The molecule has 0 fully saturated rings. The molecule has 1 rings (SSSR count). The molecule has 0 amide bonds. The molecule has 0 aliphatic heterocycles. The van der Waals surface area contributed by atoms with Crippen molar-refractivity contribution in [1.29, 1.82) is 0 Å². The number of rotatable bonds is 3. The monoisotopic (exact) mass is 246 g/mol. The average Bonchev–Trinajstić information content (AvgIpc) is 2.25. The Morgan fingerprint density at radius 1 is 1.41 bits per heavy atom. The molecule has 3 nitrogen and oxygen atoms in total. The lowest BCUT2D eigenvalue weighted by Crippen LogP contribution is -2.19. The van der Waals surface area contributed by atoms with Crippen molar-refractivity contribution in [2.75, 3.05) is 7.11 Å². The van der Waals surface area contributed by atoms with Crippen LogP contribution in [0.5, 0.6) is 5.75 Å². The zero-order valence-electron chi connectivity index (χ0n) is 8.88. The van der Waals surface area contributed by atoms with Gasteiger partial charge in [-0.05, 0) is 17.7 Å². The molecule has 0 atom stereocenters. The highest BCUT2D eigenvalue weighted by molar-refractivity contribution is 5.92. The third-order valence-electron chi connectivity index (χ3n) is 1.87. The van der Waals surface area contributed by atoms with Gasteiger partial charge < -0.3 is 9.47 Å². The maximum absolute atomic E-state index is 12.1. The lowest BCUT2D eigenvalue weighted by Gasteiger charge is -2.12. The van der Waals surface area contributed by atoms with E-state index in [-0.39, 0.29) is 5.56 Å². The summed E-state index contributed by atoms with van der Waals surface area (Å²) in [5, 5.41) is 0. The van der Waals surface area contributed by atoms with Gasteiger partial charge in [-0.2, -0.15) is 0 Å². The third kappa shape index (κ3) is 3.51. The number of hydrogen-bond donors (Lipinski definition) is 0. The molecule has 0 radical (unpaired) electrons. The molecule has 0 N–H and O–H groups in total. The number of halogens is 3. The number of carbonyl (C=O) groups excluding carboxylic acids is 1. The van der Waals surface area contributed by atoms with E-state index in [1.807, 2.05) is 0 Å². The maximum Gasteiger partial charge on any atom is 0.573 e. The van der Waals surface area contributed by atoms with Crippen molar-refractivity contribution in [3.8, 4) is 5.75 Å². The topological polar surface area (TPSA) is 35.5 Å². The second-order valence-electron chi connectivity index (χ2n) is 3.00. The second-order valence-corrected chi connectivity index (χ2v) is 3.00. The van der Waals surface area contributed by atoms with Crippen molar-refractivity contribution in [2.45, 2.75) is 6.36 Å². The molecule has 0 aliphatic carbocycles. The van der Waals surface area contributed by atoms with Crippen LogP contribution in [-0.4, -0.2) is 19.4 Å². The molecule has 1 aromatic carbocycles. The van der Waals surface area contributed by atoms with Crippen molar-refractivity contribution in [3.63, 3.8) is 0 Å². The summed E-state index contributed by atoms with van der Waals surface area (Å²) in [6.45, 7) is 3.41. The summed E-state index contributed by atoms with van der Waals surface area (Å²) in [6, 6.07) is 3.68. The summed E-state index contributed by atoms with van der Waals surface area (Å²) < 4.78 is 44.5. The molecule has 1 aromatic rings. The predicted octanol–water partition coefficient (Wildman–Crippen LogP) is 3.01. The summed E-state index contributed by atoms with van der Waals surface area (Å²) in [7, 11) is 1.07. The molecule has 0 heterocycles. The largest absolute Gasteiger partial charge is 0.573 e. The Balaban J connectivity index is 3.20. The van der Waals surface area contributed by atoms with Gasteiger partial charge in [0.2, 0.25) is 0 Å². The van der Waals surface area contributed by atoms with Crippen LogP contribution < -0.4 is 4.74 Å². The van der Waals surface area contributed by atoms with Gasteiger partial charge in [0.25, 0.3) is 0 Å². The number of esters is 1. The molecule has 0 saturated carbocycles. The van der Waals surface area contributed by atoms with Crippen LogP contribution in [0.1, 0.15) is 15.9 Å². The minimum Gasteiger partial charge on any atom is -0.465 e. The number of ether oxygens (including phenoxy) is 2. The molecule has 17 heavy (non-hydrogen) atoms. The molecule has 0 aromatic heterocycles. The number of benzene rings is 1. The van der Waals surface area contributed by atoms with Crippen molar-refractivity contribution < 1.29 is 27.4 Å². The zero-order chi connectivity index (χ0) is 13.1. The molecule has 0 spiro atoms. The number of alkyl halides is 3. The molecule has 0 saturated heterocycles. The fourth-order valence-electron chi connectivity index (χ4n) is 1.15. The molecule has 0 unspecified atom stereocenters. The number of hydrogen-bond acceptors (Lipinski definition) is 3. The smallest absolute Gasteiger partial charge is 0.465 e. The Morgan fingerprint density at radius 3 is 2.53 bits per heavy atom. The molecule has 92 valence electrons. The first-order valence-corrected chi connectivity index (χ1v) is 4.48.